The van der Waals surface area contributed by atoms with Crippen LogP contribution in [-0.4, -0.2) is 54.5 Å². The van der Waals surface area contributed by atoms with Crippen molar-refractivity contribution in [3.05, 3.63) is 0 Å². The third kappa shape index (κ3) is 3.99. The van der Waals surface area contributed by atoms with Crippen LogP contribution in [0.5, 0.6) is 0 Å². The number of methoxy groups -OCH3 is 1. The van der Waals surface area contributed by atoms with E-state index in [1.807, 2.05) is 32.6 Å². The number of aliphatic imine (C=N–C) groups is 1. The number of carbonyl (C=O) groups is 2. The van der Waals surface area contributed by atoms with Gasteiger partial charge in [-0.1, -0.05) is 13.8 Å². The Hall–Kier alpha value is -1.79. The quantitative estimate of drug-likeness (QED) is 0.586. The Morgan fingerprint density at radius 1 is 1.29 bits per heavy atom. The molecular formula is C17H30N4O3. The number of hydrogen-bond donors (Lipinski definition) is 2. The number of alkyl carbamates (subject to hydrolysis) is 1. The number of amides is 2. The second-order valence-electron chi connectivity index (χ2n) is 7.69. The van der Waals surface area contributed by atoms with Crippen molar-refractivity contribution < 1.29 is 14.3 Å². The van der Waals surface area contributed by atoms with Crippen molar-refractivity contribution in [2.75, 3.05) is 13.7 Å². The topological polar surface area (TPSA) is 97.0 Å². The molecule has 7 heteroatoms. The van der Waals surface area contributed by atoms with Crippen LogP contribution in [0.4, 0.5) is 4.79 Å². The Labute approximate surface area is 144 Å². The van der Waals surface area contributed by atoms with Crippen LogP contribution < -0.4 is 11.1 Å². The monoisotopic (exact) mass is 338 g/mol. The standard InChI is InChI=1S/C17H30N4O3/c1-10(2)13(20-16(23)24-5)15(22)21-9-17(6-7-17)8-12(21)14(18)19-11(3)4/h10-13H,6-9H2,1-5H3,(H2,18,19)(H,20,23). The maximum absolute atomic E-state index is 13.1. The van der Waals surface area contributed by atoms with Crippen LogP contribution in [0.1, 0.15) is 47.0 Å². The molecule has 1 spiro atoms. The summed E-state index contributed by atoms with van der Waals surface area (Å²) in [5.74, 6) is 0.366. The normalized spacial score (nSPS) is 23.7. The summed E-state index contributed by atoms with van der Waals surface area (Å²) < 4.78 is 4.65. The summed E-state index contributed by atoms with van der Waals surface area (Å²) in [7, 11) is 1.29. The lowest BCUT2D eigenvalue weighted by Crippen LogP contribution is -2.54. The molecule has 2 aliphatic rings. The zero-order valence-corrected chi connectivity index (χ0v) is 15.3. The van der Waals surface area contributed by atoms with E-state index < -0.39 is 12.1 Å². The number of hydrogen-bond acceptors (Lipinski definition) is 4. The van der Waals surface area contributed by atoms with Crippen molar-refractivity contribution in [3.63, 3.8) is 0 Å². The van der Waals surface area contributed by atoms with Gasteiger partial charge >= 0.3 is 6.09 Å². The Bertz CT molecular complexity index is 526. The van der Waals surface area contributed by atoms with Gasteiger partial charge in [-0.05, 0) is 44.4 Å². The molecule has 3 N–H and O–H groups in total. The minimum atomic E-state index is -0.624. The molecule has 7 nitrogen and oxygen atoms in total. The van der Waals surface area contributed by atoms with E-state index in [0.29, 0.717) is 12.4 Å². The number of nitrogens with two attached hydrogens (primary N) is 1. The number of rotatable bonds is 5. The summed E-state index contributed by atoms with van der Waals surface area (Å²) in [5, 5.41) is 2.66. The van der Waals surface area contributed by atoms with Gasteiger partial charge in [0.05, 0.1) is 13.2 Å². The van der Waals surface area contributed by atoms with Crippen molar-refractivity contribution in [3.8, 4) is 0 Å². The smallest absolute Gasteiger partial charge is 0.407 e. The van der Waals surface area contributed by atoms with Crippen LogP contribution in [0.15, 0.2) is 4.99 Å². The zero-order valence-electron chi connectivity index (χ0n) is 15.3. The number of likely N-dealkylation sites (tertiary alicyclic amines) is 1. The summed E-state index contributed by atoms with van der Waals surface area (Å²) in [6.45, 7) is 8.44. The molecule has 0 aromatic rings. The summed E-state index contributed by atoms with van der Waals surface area (Å²) in [6.07, 6.45) is 2.52. The summed E-state index contributed by atoms with van der Waals surface area (Å²) in [6, 6.07) is -0.712. The van der Waals surface area contributed by atoms with E-state index in [9.17, 15) is 9.59 Å². The van der Waals surface area contributed by atoms with Gasteiger partial charge in [0.15, 0.2) is 0 Å². The van der Waals surface area contributed by atoms with Crippen LogP contribution in [-0.2, 0) is 9.53 Å². The molecule has 1 heterocycles. The number of nitrogens with one attached hydrogen (secondary N) is 1. The SMILES string of the molecule is COC(=O)NC(C(=O)N1CC2(CC2)CC1/C(N)=N/C(C)C)C(C)C. The highest BCUT2D eigenvalue weighted by molar-refractivity contribution is 5.94. The highest BCUT2D eigenvalue weighted by atomic mass is 16.5. The van der Waals surface area contributed by atoms with Crippen molar-refractivity contribution >= 4 is 17.8 Å². The zero-order chi connectivity index (χ0) is 18.1. The molecule has 2 atom stereocenters. The maximum Gasteiger partial charge on any atom is 0.407 e. The van der Waals surface area contributed by atoms with Gasteiger partial charge in [-0.15, -0.1) is 0 Å². The predicted octanol–water partition coefficient (Wildman–Crippen LogP) is 1.51. The number of ether oxygens (including phenoxy) is 1. The summed E-state index contributed by atoms with van der Waals surface area (Å²) in [4.78, 5) is 31.0. The number of amidine groups is 1. The van der Waals surface area contributed by atoms with E-state index in [1.165, 1.54) is 7.11 Å². The fraction of sp³-hybridized carbons (Fsp3) is 0.824. The van der Waals surface area contributed by atoms with Crippen LogP contribution in [0, 0.1) is 11.3 Å². The van der Waals surface area contributed by atoms with Gasteiger partial charge in [-0.3, -0.25) is 9.79 Å². The molecule has 0 aromatic heterocycles. The average molecular weight is 338 g/mol. The first-order valence-electron chi connectivity index (χ1n) is 8.67. The molecule has 136 valence electrons. The van der Waals surface area contributed by atoms with Crippen LogP contribution >= 0.6 is 0 Å². The molecule has 1 saturated heterocycles. The first-order chi connectivity index (χ1) is 11.2. The van der Waals surface area contributed by atoms with Gasteiger partial charge in [0, 0.05) is 12.6 Å². The van der Waals surface area contributed by atoms with Gasteiger partial charge in [0.1, 0.15) is 11.9 Å². The van der Waals surface area contributed by atoms with E-state index in [4.69, 9.17) is 5.73 Å². The van der Waals surface area contributed by atoms with E-state index in [1.54, 1.807) is 0 Å². The molecule has 2 amide bonds. The molecule has 24 heavy (non-hydrogen) atoms. The molecule has 1 aliphatic heterocycles. The molecule has 1 aliphatic carbocycles. The fourth-order valence-corrected chi connectivity index (χ4v) is 3.35. The Morgan fingerprint density at radius 2 is 1.92 bits per heavy atom. The second kappa shape index (κ2) is 6.99. The minimum absolute atomic E-state index is 0.0451. The molecule has 0 aromatic carbocycles. The lowest BCUT2D eigenvalue weighted by molar-refractivity contribution is -0.134. The van der Waals surface area contributed by atoms with Crippen molar-refractivity contribution in [1.82, 2.24) is 10.2 Å². The Morgan fingerprint density at radius 3 is 2.38 bits per heavy atom. The first-order valence-corrected chi connectivity index (χ1v) is 8.67. The maximum atomic E-state index is 13.1. The van der Waals surface area contributed by atoms with Gasteiger partial charge in [0.2, 0.25) is 5.91 Å². The lowest BCUT2D eigenvalue weighted by atomic mass is 10.0. The summed E-state index contributed by atoms with van der Waals surface area (Å²) >= 11 is 0. The van der Waals surface area contributed by atoms with E-state index in [0.717, 1.165) is 19.3 Å². The Balaban J connectivity index is 2.21. The van der Waals surface area contributed by atoms with E-state index in [-0.39, 0.29) is 29.3 Å². The van der Waals surface area contributed by atoms with Gasteiger partial charge in [-0.25, -0.2) is 4.79 Å². The fourth-order valence-electron chi connectivity index (χ4n) is 3.35. The molecule has 1 saturated carbocycles. The molecule has 2 fully saturated rings. The van der Waals surface area contributed by atoms with Gasteiger partial charge < -0.3 is 20.7 Å². The van der Waals surface area contributed by atoms with Crippen LogP contribution in [0.2, 0.25) is 0 Å². The predicted molar refractivity (Wildman–Crippen MR) is 92.7 cm³/mol. The minimum Gasteiger partial charge on any atom is -0.453 e. The highest BCUT2D eigenvalue weighted by Crippen LogP contribution is 2.55. The largest absolute Gasteiger partial charge is 0.453 e. The third-order valence-corrected chi connectivity index (χ3v) is 4.89. The highest BCUT2D eigenvalue weighted by Gasteiger charge is 2.55. The number of carbonyl (C=O) groups excluding carboxylic acids is 2. The molecule has 2 unspecified atom stereocenters. The van der Waals surface area contributed by atoms with Crippen molar-refractivity contribution in [1.29, 1.82) is 0 Å². The molecule has 0 bridgehead atoms. The van der Waals surface area contributed by atoms with E-state index in [2.05, 4.69) is 15.0 Å². The van der Waals surface area contributed by atoms with Gasteiger partial charge in [0.25, 0.3) is 0 Å². The van der Waals surface area contributed by atoms with Gasteiger partial charge in [-0.2, -0.15) is 0 Å². The Kier molecular flexibility index (Phi) is 5.40. The van der Waals surface area contributed by atoms with Crippen LogP contribution in [0.25, 0.3) is 0 Å². The molecule has 0 radical (unpaired) electrons. The second-order valence-corrected chi connectivity index (χ2v) is 7.69. The van der Waals surface area contributed by atoms with Crippen molar-refractivity contribution in [2.45, 2.75) is 65.1 Å². The first kappa shape index (κ1) is 18.5. The molecule has 2 rings (SSSR count). The third-order valence-electron chi connectivity index (χ3n) is 4.89. The average Bonchev–Trinajstić information content (AvgIpc) is 3.13. The lowest BCUT2D eigenvalue weighted by Gasteiger charge is -2.30. The summed E-state index contributed by atoms with van der Waals surface area (Å²) in [5.41, 5.74) is 6.40. The van der Waals surface area contributed by atoms with E-state index >= 15 is 0 Å². The molecular weight excluding hydrogens is 308 g/mol. The van der Waals surface area contributed by atoms with Crippen molar-refractivity contribution in [2.24, 2.45) is 22.1 Å². The number of nitrogens with zero attached hydrogens (tertiary/aromatic N) is 2. The van der Waals surface area contributed by atoms with Crippen LogP contribution in [0.3, 0.4) is 0 Å².